The number of rotatable bonds is 10. The second-order valence-corrected chi connectivity index (χ2v) is 4.37. The van der Waals surface area contributed by atoms with E-state index in [0.717, 1.165) is 19.3 Å². The third kappa shape index (κ3) is 15.6. The second kappa shape index (κ2) is 15.0. The maximum atomic E-state index is 11.4. The van der Waals surface area contributed by atoms with Crippen LogP contribution >= 0.6 is 0 Å². The van der Waals surface area contributed by atoms with Crippen molar-refractivity contribution in [3.05, 3.63) is 0 Å². The Morgan fingerprint density at radius 3 is 2.14 bits per heavy atom. The molecule has 0 unspecified atom stereocenters. The quantitative estimate of drug-likeness (QED) is 0.431. The Hall–Kier alpha value is -2.41. The summed E-state index contributed by atoms with van der Waals surface area (Å²) in [5.41, 5.74) is 0. The molecule has 22 heavy (non-hydrogen) atoms. The maximum absolute atomic E-state index is 11.4. The number of carbonyl (C=O) groups excluding carboxylic acids is 3. The first-order chi connectivity index (χ1) is 10.4. The van der Waals surface area contributed by atoms with E-state index in [-0.39, 0.29) is 19.1 Å². The van der Waals surface area contributed by atoms with Gasteiger partial charge in [0.1, 0.15) is 6.04 Å². The van der Waals surface area contributed by atoms with Crippen LogP contribution in [0, 0.1) is 0 Å². The van der Waals surface area contributed by atoms with Crippen molar-refractivity contribution in [3.8, 4) is 0 Å². The molecule has 2 amide bonds. The van der Waals surface area contributed by atoms with Crippen molar-refractivity contribution < 1.29 is 34.2 Å². The molecule has 0 aromatic carbocycles. The highest BCUT2D eigenvalue weighted by Crippen LogP contribution is 2.03. The Balaban J connectivity index is 0. The first-order valence-corrected chi connectivity index (χ1v) is 6.87. The molecule has 4 N–H and O–H groups in total. The maximum Gasteiger partial charge on any atom is 0.373 e. The van der Waals surface area contributed by atoms with Gasteiger partial charge in [0.15, 0.2) is 0 Å². The molecule has 0 heterocycles. The summed E-state index contributed by atoms with van der Waals surface area (Å²) in [6.07, 6.45) is 3.58. The highest BCUT2D eigenvalue weighted by molar-refractivity contribution is 5.82. The minimum Gasteiger partial charge on any atom is -0.481 e. The fraction of sp³-hybridized carbons (Fsp3) is 0.692. The molecule has 0 aromatic rings. The van der Waals surface area contributed by atoms with Crippen molar-refractivity contribution in [3.63, 3.8) is 0 Å². The molecule has 0 spiro atoms. The van der Waals surface area contributed by atoms with E-state index in [1.807, 2.05) is 6.92 Å². The average molecular weight is 318 g/mol. The van der Waals surface area contributed by atoms with Crippen molar-refractivity contribution in [2.75, 3.05) is 6.54 Å². The number of unbranched alkanes of at least 4 members (excludes halogenated alkanes) is 2. The van der Waals surface area contributed by atoms with E-state index in [1.54, 1.807) is 0 Å². The number of hydrogen-bond donors (Lipinski definition) is 4. The number of carbonyl (C=O) groups is 3. The highest BCUT2D eigenvalue weighted by atomic mass is 16.4. The second-order valence-electron chi connectivity index (χ2n) is 4.37. The van der Waals surface area contributed by atoms with E-state index >= 15 is 0 Å². The monoisotopic (exact) mass is 318 g/mol. The van der Waals surface area contributed by atoms with Crippen LogP contribution < -0.4 is 10.6 Å². The van der Waals surface area contributed by atoms with Crippen molar-refractivity contribution in [2.45, 2.75) is 51.5 Å². The molecule has 0 aromatic heterocycles. The van der Waals surface area contributed by atoms with Crippen LogP contribution in [0.25, 0.3) is 0 Å². The van der Waals surface area contributed by atoms with Crippen LogP contribution in [0.1, 0.15) is 45.4 Å². The summed E-state index contributed by atoms with van der Waals surface area (Å²) < 4.78 is 0. The Labute approximate surface area is 128 Å². The van der Waals surface area contributed by atoms with Crippen molar-refractivity contribution >= 4 is 24.1 Å². The van der Waals surface area contributed by atoms with E-state index in [9.17, 15) is 14.4 Å². The largest absolute Gasteiger partial charge is 0.481 e. The molecular formula is C13H22N2O7. The zero-order valence-corrected chi connectivity index (χ0v) is 12.5. The van der Waals surface area contributed by atoms with Crippen molar-refractivity contribution in [2.24, 2.45) is 0 Å². The van der Waals surface area contributed by atoms with Gasteiger partial charge in [0.05, 0.1) is 0 Å². The van der Waals surface area contributed by atoms with Crippen LogP contribution in [0.5, 0.6) is 0 Å². The lowest BCUT2D eigenvalue weighted by atomic mass is 10.1. The zero-order valence-electron chi connectivity index (χ0n) is 12.5. The first-order valence-electron chi connectivity index (χ1n) is 6.87. The molecule has 0 aliphatic carbocycles. The molecule has 0 aliphatic rings. The lowest BCUT2D eigenvalue weighted by Gasteiger charge is -2.14. The zero-order chi connectivity index (χ0) is 17.4. The van der Waals surface area contributed by atoms with Gasteiger partial charge < -0.3 is 20.8 Å². The van der Waals surface area contributed by atoms with Gasteiger partial charge in [0, 0.05) is 13.0 Å². The van der Waals surface area contributed by atoms with Gasteiger partial charge in [-0.15, -0.1) is 0 Å². The SMILES string of the molecule is CCCCC[C@H](NC(=O)NCCCC(=O)O)C(=O)O.O=C=O. The van der Waals surface area contributed by atoms with Gasteiger partial charge in [-0.3, -0.25) is 4.79 Å². The fourth-order valence-corrected chi connectivity index (χ4v) is 1.51. The number of urea groups is 1. The summed E-state index contributed by atoms with van der Waals surface area (Å²) in [6.45, 7) is 2.22. The standard InChI is InChI=1S/C12H22N2O5.CO2/c1-2-3-4-6-9(11(17)18)14-12(19)13-8-5-7-10(15)16;2-1-3/h9H,2-8H2,1H3,(H,15,16)(H,17,18)(H2,13,14,19);/t9-;/m0./s1. The van der Waals surface area contributed by atoms with E-state index in [4.69, 9.17) is 19.8 Å². The normalized spacial score (nSPS) is 10.4. The predicted octanol–water partition coefficient (Wildman–Crippen LogP) is 0.600. The lowest BCUT2D eigenvalue weighted by molar-refractivity contribution is -0.191. The van der Waals surface area contributed by atoms with Crippen LogP contribution in [0.3, 0.4) is 0 Å². The van der Waals surface area contributed by atoms with E-state index in [0.29, 0.717) is 12.8 Å². The Kier molecular flexibility index (Phi) is 14.9. The molecule has 0 saturated carbocycles. The minimum atomic E-state index is -1.06. The molecule has 0 bridgehead atoms. The van der Waals surface area contributed by atoms with Crippen LogP contribution in [-0.2, 0) is 19.2 Å². The smallest absolute Gasteiger partial charge is 0.373 e. The summed E-state index contributed by atoms with van der Waals surface area (Å²) in [7, 11) is 0. The van der Waals surface area contributed by atoms with Crippen molar-refractivity contribution in [1.82, 2.24) is 10.6 Å². The molecule has 0 rings (SSSR count). The van der Waals surface area contributed by atoms with Gasteiger partial charge in [-0.1, -0.05) is 26.2 Å². The number of carboxylic acids is 2. The van der Waals surface area contributed by atoms with Gasteiger partial charge in [0.2, 0.25) is 0 Å². The van der Waals surface area contributed by atoms with E-state index in [1.165, 1.54) is 0 Å². The summed E-state index contributed by atoms with van der Waals surface area (Å²) in [6, 6.07) is -1.47. The molecule has 126 valence electrons. The van der Waals surface area contributed by atoms with Gasteiger partial charge >= 0.3 is 24.1 Å². The fourth-order valence-electron chi connectivity index (χ4n) is 1.51. The highest BCUT2D eigenvalue weighted by Gasteiger charge is 2.18. The van der Waals surface area contributed by atoms with Crippen LogP contribution in [0.4, 0.5) is 4.79 Å². The predicted molar refractivity (Wildman–Crippen MR) is 74.0 cm³/mol. The third-order valence-electron chi connectivity index (χ3n) is 2.55. The van der Waals surface area contributed by atoms with Crippen LogP contribution in [0.15, 0.2) is 0 Å². The Morgan fingerprint density at radius 1 is 1.09 bits per heavy atom. The topological polar surface area (TPSA) is 150 Å². The number of carboxylic acid groups (broad SMARTS) is 2. The van der Waals surface area contributed by atoms with Gasteiger partial charge in [-0.25, -0.2) is 9.59 Å². The molecule has 0 saturated heterocycles. The summed E-state index contributed by atoms with van der Waals surface area (Å²) in [5, 5.41) is 22.2. The van der Waals surface area contributed by atoms with E-state index < -0.39 is 24.0 Å². The first kappa shape index (κ1) is 21.9. The van der Waals surface area contributed by atoms with Crippen molar-refractivity contribution in [1.29, 1.82) is 0 Å². The molecule has 9 heteroatoms. The molecule has 1 atom stereocenters. The minimum absolute atomic E-state index is 0.0286. The summed E-state index contributed by atoms with van der Waals surface area (Å²) in [4.78, 5) is 48.8. The number of amides is 2. The lowest BCUT2D eigenvalue weighted by Crippen LogP contribution is -2.46. The van der Waals surface area contributed by atoms with Gasteiger partial charge in [-0.05, 0) is 12.8 Å². The summed E-state index contributed by atoms with van der Waals surface area (Å²) in [5.74, 6) is -1.98. The molecule has 9 nitrogen and oxygen atoms in total. The van der Waals surface area contributed by atoms with Gasteiger partial charge in [0.25, 0.3) is 0 Å². The molecule has 0 fully saturated rings. The molecule has 0 radical (unpaired) electrons. The summed E-state index contributed by atoms with van der Waals surface area (Å²) >= 11 is 0. The number of hydrogen-bond acceptors (Lipinski definition) is 5. The molecular weight excluding hydrogens is 296 g/mol. The number of aliphatic carboxylic acids is 2. The molecule has 0 aliphatic heterocycles. The average Bonchev–Trinajstić information content (AvgIpc) is 2.43. The van der Waals surface area contributed by atoms with E-state index in [2.05, 4.69) is 10.6 Å². The van der Waals surface area contributed by atoms with Crippen LogP contribution in [-0.4, -0.2) is 46.9 Å². The Morgan fingerprint density at radius 2 is 1.68 bits per heavy atom. The third-order valence-corrected chi connectivity index (χ3v) is 2.55. The Bertz CT molecular complexity index is 379. The van der Waals surface area contributed by atoms with Crippen LogP contribution in [0.2, 0.25) is 0 Å². The van der Waals surface area contributed by atoms with Gasteiger partial charge in [-0.2, -0.15) is 9.59 Å². The number of nitrogens with one attached hydrogen (secondary N) is 2.